The number of rotatable bonds is 6. The maximum Gasteiger partial charge on any atom is 0.241 e. The van der Waals surface area contributed by atoms with E-state index in [-0.39, 0.29) is 0 Å². The van der Waals surface area contributed by atoms with Crippen LogP contribution in [0.3, 0.4) is 0 Å². The smallest absolute Gasteiger partial charge is 0.237 e. The lowest BCUT2D eigenvalue weighted by atomic mass is 10.2. The van der Waals surface area contributed by atoms with Gasteiger partial charge in [0.25, 0.3) is 0 Å². The topological polar surface area (TPSA) is 56.3 Å². The Balaban J connectivity index is 1.42. The predicted molar refractivity (Wildman–Crippen MR) is 168 cm³/mol. The Morgan fingerprint density at radius 3 is 1.95 bits per heavy atom. The Kier molecular flexibility index (Phi) is 7.73. The molecule has 0 aliphatic carbocycles. The summed E-state index contributed by atoms with van der Waals surface area (Å²) in [6.45, 7) is 19.0. The normalized spacial score (nSPS) is 11.5. The van der Waals surface area contributed by atoms with E-state index in [9.17, 15) is 5.26 Å². The van der Waals surface area contributed by atoms with Gasteiger partial charge in [-0.1, -0.05) is 12.1 Å². The molecule has 0 aliphatic heterocycles. The van der Waals surface area contributed by atoms with E-state index in [1.807, 2.05) is 24.3 Å². The minimum absolute atomic E-state index is 0.542. The van der Waals surface area contributed by atoms with Gasteiger partial charge in [-0.25, -0.2) is 9.69 Å². The fraction of sp³-hybridized carbons (Fsp3) is 0.0667. The molecule has 5 heterocycles. The third-order valence-electron chi connectivity index (χ3n) is 5.67. The SMILES string of the molecule is [C-]#[N+]/C(=C\c1cc(C)c(-c2ccc(-c3sc(/C=C(\C#N)c4ccc([N+]#[C-])s4)cc3C)s2)s1)c1ccc(C#N)s1. The molecule has 5 rings (SSSR count). The first kappa shape index (κ1) is 26.5. The fourth-order valence-corrected chi connectivity index (χ4v) is 8.99. The first-order valence-corrected chi connectivity index (χ1v) is 15.5. The largest absolute Gasteiger partial charge is 0.241 e. The van der Waals surface area contributed by atoms with Crippen molar-refractivity contribution in [1.82, 2.24) is 0 Å². The fourth-order valence-electron chi connectivity index (χ4n) is 3.89. The number of allylic oxidation sites excluding steroid dienone is 1. The second-order valence-corrected chi connectivity index (χ2v) is 13.7. The van der Waals surface area contributed by atoms with E-state index in [0.29, 0.717) is 21.1 Å². The summed E-state index contributed by atoms with van der Waals surface area (Å²) in [6.07, 6.45) is 3.80. The van der Waals surface area contributed by atoms with Crippen molar-refractivity contribution in [3.63, 3.8) is 0 Å². The summed E-state index contributed by atoms with van der Waals surface area (Å²) in [7, 11) is 0. The van der Waals surface area contributed by atoms with E-state index < -0.39 is 0 Å². The molecule has 0 radical (unpaired) electrons. The number of nitriles is 2. The lowest BCUT2D eigenvalue weighted by Crippen LogP contribution is -1.73. The molecule has 0 unspecified atom stereocenters. The third-order valence-corrected chi connectivity index (χ3v) is 11.5. The molecule has 0 bridgehead atoms. The maximum absolute atomic E-state index is 9.71. The zero-order valence-electron chi connectivity index (χ0n) is 20.6. The number of hydrogen-bond acceptors (Lipinski definition) is 7. The Morgan fingerprint density at radius 1 is 0.769 bits per heavy atom. The minimum Gasteiger partial charge on any atom is -0.237 e. The highest BCUT2D eigenvalue weighted by molar-refractivity contribution is 7.27. The van der Waals surface area contributed by atoms with Crippen LogP contribution in [-0.2, 0) is 0 Å². The Morgan fingerprint density at radius 2 is 1.41 bits per heavy atom. The van der Waals surface area contributed by atoms with Crippen LogP contribution in [0.4, 0.5) is 5.00 Å². The molecule has 5 aromatic rings. The van der Waals surface area contributed by atoms with Gasteiger partial charge in [-0.15, -0.1) is 45.3 Å². The average molecular weight is 593 g/mol. The van der Waals surface area contributed by atoms with Crippen LogP contribution in [0.2, 0.25) is 0 Å². The van der Waals surface area contributed by atoms with E-state index in [4.69, 9.17) is 18.4 Å². The molecule has 0 N–H and O–H groups in total. The summed E-state index contributed by atoms with van der Waals surface area (Å²) < 4.78 is 0. The molecule has 9 heteroatoms. The molecular weight excluding hydrogens is 577 g/mol. The maximum atomic E-state index is 9.71. The summed E-state index contributed by atoms with van der Waals surface area (Å²) in [4.78, 5) is 16.1. The van der Waals surface area contributed by atoms with Crippen LogP contribution in [0.1, 0.15) is 35.5 Å². The molecule has 0 amide bonds. The summed E-state index contributed by atoms with van der Waals surface area (Å²) in [5, 5.41) is 19.4. The second-order valence-electron chi connectivity index (χ2n) is 8.32. The van der Waals surface area contributed by atoms with Crippen molar-refractivity contribution in [2.24, 2.45) is 0 Å². The van der Waals surface area contributed by atoms with Crippen molar-refractivity contribution in [1.29, 1.82) is 10.5 Å². The van der Waals surface area contributed by atoms with Gasteiger partial charge < -0.3 is 0 Å². The first-order chi connectivity index (χ1) is 18.9. The highest BCUT2D eigenvalue weighted by Gasteiger charge is 2.15. The van der Waals surface area contributed by atoms with Gasteiger partial charge in [0.15, 0.2) is 0 Å². The third kappa shape index (κ3) is 5.56. The lowest BCUT2D eigenvalue weighted by molar-refractivity contribution is 1.52. The van der Waals surface area contributed by atoms with Crippen LogP contribution in [-0.4, -0.2) is 0 Å². The molecule has 0 spiro atoms. The van der Waals surface area contributed by atoms with Crippen LogP contribution in [0.25, 0.3) is 52.6 Å². The molecule has 0 aliphatic rings. The quantitative estimate of drug-likeness (QED) is 0.145. The summed E-state index contributed by atoms with van der Waals surface area (Å²) in [5.41, 5.74) is 3.42. The highest BCUT2D eigenvalue weighted by Crippen LogP contribution is 2.44. The van der Waals surface area contributed by atoms with E-state index in [1.54, 1.807) is 46.1 Å². The van der Waals surface area contributed by atoms with Crippen LogP contribution < -0.4 is 0 Å². The van der Waals surface area contributed by atoms with Gasteiger partial charge in [-0.2, -0.15) is 21.9 Å². The van der Waals surface area contributed by atoms with E-state index in [2.05, 4.69) is 59.9 Å². The monoisotopic (exact) mass is 592 g/mol. The van der Waals surface area contributed by atoms with Gasteiger partial charge in [-0.3, -0.25) is 0 Å². The number of hydrogen-bond donors (Lipinski definition) is 0. The van der Waals surface area contributed by atoms with Crippen molar-refractivity contribution >= 4 is 85.1 Å². The number of aryl methyl sites for hydroxylation is 2. The Labute approximate surface area is 246 Å². The standard InChI is InChI=1S/C30H16N4S5/c1-17-11-21(13-19(15-31)24-9-10-28(34-4)39-24)36-29(17)26-7-8-27(38-26)30-18(2)12-22(37-30)14-23(33-3)25-6-5-20(16-32)35-25/h5-14H,1-2H3/b19-13+,23-14-. The highest BCUT2D eigenvalue weighted by atomic mass is 32.1. The number of thiophene rings is 5. The van der Waals surface area contributed by atoms with E-state index in [0.717, 1.165) is 30.6 Å². The predicted octanol–water partition coefficient (Wildman–Crippen LogP) is 10.8. The van der Waals surface area contributed by atoms with Gasteiger partial charge >= 0.3 is 0 Å². The van der Waals surface area contributed by atoms with Crippen molar-refractivity contribution in [2.75, 3.05) is 0 Å². The molecule has 0 saturated heterocycles. The Bertz CT molecular complexity index is 1800. The summed E-state index contributed by atoms with van der Waals surface area (Å²) in [5.74, 6) is 0. The van der Waals surface area contributed by atoms with Gasteiger partial charge in [0.2, 0.25) is 10.7 Å². The van der Waals surface area contributed by atoms with Gasteiger partial charge in [0.05, 0.1) is 18.7 Å². The number of nitrogens with zero attached hydrogens (tertiary/aromatic N) is 4. The zero-order chi connectivity index (χ0) is 27.5. The van der Waals surface area contributed by atoms with Crippen molar-refractivity contribution in [3.8, 4) is 31.6 Å². The second kappa shape index (κ2) is 11.4. The summed E-state index contributed by atoms with van der Waals surface area (Å²) >= 11 is 7.73. The summed E-state index contributed by atoms with van der Waals surface area (Å²) in [6, 6.07) is 20.1. The van der Waals surface area contributed by atoms with Crippen LogP contribution in [0.15, 0.2) is 48.5 Å². The van der Waals surface area contributed by atoms with E-state index >= 15 is 0 Å². The van der Waals surface area contributed by atoms with Crippen molar-refractivity contribution in [2.45, 2.75) is 13.8 Å². The van der Waals surface area contributed by atoms with Crippen LogP contribution in [0.5, 0.6) is 0 Å². The molecule has 5 aromatic heterocycles. The molecule has 0 aromatic carbocycles. The van der Waals surface area contributed by atoms with E-state index in [1.165, 1.54) is 42.2 Å². The van der Waals surface area contributed by atoms with Crippen LogP contribution >= 0.6 is 56.7 Å². The molecule has 0 atom stereocenters. The first-order valence-electron chi connectivity index (χ1n) is 11.4. The van der Waals surface area contributed by atoms with Gasteiger partial charge in [-0.05, 0) is 73.5 Å². The molecule has 4 nitrogen and oxygen atoms in total. The molecular formula is C30H16N4S5. The lowest BCUT2D eigenvalue weighted by Gasteiger charge is -1.96. The zero-order valence-corrected chi connectivity index (χ0v) is 24.7. The van der Waals surface area contributed by atoms with Gasteiger partial charge in [0, 0.05) is 39.0 Å². The molecule has 186 valence electrons. The molecule has 0 saturated carbocycles. The van der Waals surface area contributed by atoms with Gasteiger partial charge in [0.1, 0.15) is 17.0 Å². The van der Waals surface area contributed by atoms with Crippen molar-refractivity contribution in [3.05, 3.63) is 107 Å². The van der Waals surface area contributed by atoms with Crippen molar-refractivity contribution < 1.29 is 0 Å². The average Bonchev–Trinajstić information content (AvgIpc) is 3.76. The van der Waals surface area contributed by atoms with Crippen LogP contribution in [0, 0.1) is 49.7 Å². The molecule has 39 heavy (non-hydrogen) atoms. The molecule has 0 fully saturated rings. The Hall–Kier alpha value is -4.06. The minimum atomic E-state index is 0.542.